The summed E-state index contributed by atoms with van der Waals surface area (Å²) in [5.74, 6) is 0. The molecule has 2 heterocycles. The number of fused-ring (bicyclic) bond motifs is 1. The van der Waals surface area contributed by atoms with Gasteiger partial charge in [0.25, 0.3) is 5.56 Å². The van der Waals surface area contributed by atoms with Crippen molar-refractivity contribution in [1.29, 1.82) is 0 Å². The Morgan fingerprint density at radius 2 is 2.06 bits per heavy atom. The van der Waals surface area contributed by atoms with Crippen molar-refractivity contribution in [3.05, 3.63) is 46.4 Å². The molecule has 3 heteroatoms. The Hall–Kier alpha value is -1.90. The molecule has 0 radical (unpaired) electrons. The molecule has 2 aromatic rings. The summed E-state index contributed by atoms with van der Waals surface area (Å²) in [5.41, 5.74) is 3.11. The van der Waals surface area contributed by atoms with Crippen LogP contribution < -0.4 is 5.56 Å². The Morgan fingerprint density at radius 3 is 2.65 bits per heavy atom. The summed E-state index contributed by atoms with van der Waals surface area (Å²) < 4.78 is 0. The van der Waals surface area contributed by atoms with E-state index in [9.17, 15) is 4.79 Å². The molecule has 1 N–H and O–H groups in total. The van der Waals surface area contributed by atoms with E-state index in [1.54, 1.807) is 6.07 Å². The molecule has 2 aromatic heterocycles. The molecule has 17 heavy (non-hydrogen) atoms. The largest absolute Gasteiger partial charge is 0.320 e. The van der Waals surface area contributed by atoms with E-state index in [2.05, 4.69) is 37.3 Å². The maximum atomic E-state index is 11.7. The number of hydrogen-bond acceptors (Lipinski definition) is 2. The minimum atomic E-state index is -0.125. The van der Waals surface area contributed by atoms with Crippen LogP contribution in [0.15, 0.2) is 29.7 Å². The summed E-state index contributed by atoms with van der Waals surface area (Å²) >= 11 is 0. The Morgan fingerprint density at radius 1 is 1.35 bits per heavy atom. The van der Waals surface area contributed by atoms with Gasteiger partial charge in [-0.1, -0.05) is 33.4 Å². The fourth-order valence-electron chi connectivity index (χ4n) is 1.66. The van der Waals surface area contributed by atoms with Crippen LogP contribution in [0.25, 0.3) is 17.1 Å². The van der Waals surface area contributed by atoms with Gasteiger partial charge in [0.15, 0.2) is 0 Å². The SMILES string of the molecule is C=Cc1cc2ncc(C(C)(C)C)cc2[nH]c1=O. The Balaban J connectivity index is 2.72. The van der Waals surface area contributed by atoms with Crippen molar-refractivity contribution >= 4 is 17.1 Å². The average Bonchev–Trinajstić information content (AvgIpc) is 2.26. The van der Waals surface area contributed by atoms with E-state index in [1.807, 2.05) is 12.3 Å². The topological polar surface area (TPSA) is 45.8 Å². The van der Waals surface area contributed by atoms with Gasteiger partial charge in [-0.05, 0) is 23.1 Å². The summed E-state index contributed by atoms with van der Waals surface area (Å²) in [6, 6.07) is 3.74. The van der Waals surface area contributed by atoms with E-state index >= 15 is 0 Å². The van der Waals surface area contributed by atoms with E-state index < -0.39 is 0 Å². The van der Waals surface area contributed by atoms with Crippen molar-refractivity contribution in [3.63, 3.8) is 0 Å². The second-order valence-electron chi connectivity index (χ2n) is 5.16. The van der Waals surface area contributed by atoms with Gasteiger partial charge >= 0.3 is 0 Å². The maximum absolute atomic E-state index is 11.7. The highest BCUT2D eigenvalue weighted by molar-refractivity contribution is 5.77. The average molecular weight is 228 g/mol. The molecule has 0 aliphatic carbocycles. The highest BCUT2D eigenvalue weighted by atomic mass is 16.1. The second-order valence-corrected chi connectivity index (χ2v) is 5.16. The van der Waals surface area contributed by atoms with Gasteiger partial charge in [-0.15, -0.1) is 0 Å². The molecule has 0 saturated heterocycles. The zero-order chi connectivity index (χ0) is 12.6. The summed E-state index contributed by atoms with van der Waals surface area (Å²) in [6.07, 6.45) is 3.39. The van der Waals surface area contributed by atoms with Crippen molar-refractivity contribution in [2.24, 2.45) is 0 Å². The third-order valence-corrected chi connectivity index (χ3v) is 2.81. The minimum absolute atomic E-state index is 0.0230. The molecule has 0 spiro atoms. The van der Waals surface area contributed by atoms with Crippen molar-refractivity contribution in [2.75, 3.05) is 0 Å². The van der Waals surface area contributed by atoms with Gasteiger partial charge in [-0.25, -0.2) is 0 Å². The number of hydrogen-bond donors (Lipinski definition) is 1. The van der Waals surface area contributed by atoms with Gasteiger partial charge in [0.2, 0.25) is 0 Å². The molecule has 0 unspecified atom stereocenters. The van der Waals surface area contributed by atoms with Gasteiger partial charge in [0.05, 0.1) is 11.0 Å². The number of nitrogens with zero attached hydrogens (tertiary/aromatic N) is 1. The second kappa shape index (κ2) is 3.84. The summed E-state index contributed by atoms with van der Waals surface area (Å²) in [6.45, 7) is 9.96. The summed E-state index contributed by atoms with van der Waals surface area (Å²) in [7, 11) is 0. The Labute approximate surface area is 100 Å². The zero-order valence-corrected chi connectivity index (χ0v) is 10.4. The molecule has 0 bridgehead atoms. The van der Waals surface area contributed by atoms with Crippen LogP contribution in [0.5, 0.6) is 0 Å². The van der Waals surface area contributed by atoms with Crippen LogP contribution in [0, 0.1) is 0 Å². The molecule has 0 saturated carbocycles. The van der Waals surface area contributed by atoms with Crippen molar-refractivity contribution < 1.29 is 0 Å². The number of pyridine rings is 2. The highest BCUT2D eigenvalue weighted by Crippen LogP contribution is 2.23. The molecule has 2 rings (SSSR count). The number of aromatic nitrogens is 2. The first-order valence-electron chi connectivity index (χ1n) is 5.58. The molecular weight excluding hydrogens is 212 g/mol. The molecule has 0 aliphatic rings. The monoisotopic (exact) mass is 228 g/mol. The first-order chi connectivity index (χ1) is 7.91. The lowest BCUT2D eigenvalue weighted by atomic mass is 9.88. The molecular formula is C14H16N2O. The first kappa shape index (κ1) is 11.6. The standard InChI is InChI=1S/C14H16N2O/c1-5-9-6-11-12(16-13(9)17)7-10(8-15-11)14(2,3)4/h5-8H,1H2,2-4H3,(H,16,17). The Bertz CT molecular complexity index is 633. The fourth-order valence-corrected chi connectivity index (χ4v) is 1.66. The third-order valence-electron chi connectivity index (χ3n) is 2.81. The minimum Gasteiger partial charge on any atom is -0.320 e. The summed E-state index contributed by atoms with van der Waals surface area (Å²) in [5, 5.41) is 0. The lowest BCUT2D eigenvalue weighted by molar-refractivity contribution is 0.588. The van der Waals surface area contributed by atoms with Crippen LogP contribution in [0.2, 0.25) is 0 Å². The smallest absolute Gasteiger partial charge is 0.255 e. The maximum Gasteiger partial charge on any atom is 0.255 e. The normalized spacial score (nSPS) is 11.7. The van der Waals surface area contributed by atoms with Gasteiger partial charge in [-0.2, -0.15) is 0 Å². The van der Waals surface area contributed by atoms with Crippen LogP contribution in [0.4, 0.5) is 0 Å². The predicted molar refractivity (Wildman–Crippen MR) is 71.2 cm³/mol. The zero-order valence-electron chi connectivity index (χ0n) is 10.4. The van der Waals surface area contributed by atoms with Gasteiger partial charge < -0.3 is 4.98 Å². The number of H-pyrrole nitrogens is 1. The molecule has 0 aliphatic heterocycles. The molecule has 88 valence electrons. The van der Waals surface area contributed by atoms with E-state index in [4.69, 9.17) is 0 Å². The molecule has 0 atom stereocenters. The molecule has 0 aromatic carbocycles. The van der Waals surface area contributed by atoms with Crippen molar-refractivity contribution in [2.45, 2.75) is 26.2 Å². The summed E-state index contributed by atoms with van der Waals surface area (Å²) in [4.78, 5) is 18.9. The van der Waals surface area contributed by atoms with Crippen LogP contribution in [0.1, 0.15) is 31.9 Å². The van der Waals surface area contributed by atoms with E-state index in [-0.39, 0.29) is 11.0 Å². The lowest BCUT2D eigenvalue weighted by Crippen LogP contribution is -2.13. The number of nitrogens with one attached hydrogen (secondary N) is 1. The number of rotatable bonds is 1. The fraction of sp³-hybridized carbons (Fsp3) is 0.286. The Kier molecular flexibility index (Phi) is 2.62. The van der Waals surface area contributed by atoms with Crippen LogP contribution in [-0.2, 0) is 5.41 Å². The quantitative estimate of drug-likeness (QED) is 0.815. The van der Waals surface area contributed by atoms with Gasteiger partial charge in [0, 0.05) is 11.8 Å². The van der Waals surface area contributed by atoms with Crippen LogP contribution in [0.3, 0.4) is 0 Å². The predicted octanol–water partition coefficient (Wildman–Crippen LogP) is 2.86. The van der Waals surface area contributed by atoms with Crippen molar-refractivity contribution in [3.8, 4) is 0 Å². The molecule has 3 nitrogen and oxygen atoms in total. The lowest BCUT2D eigenvalue weighted by Gasteiger charge is -2.18. The first-order valence-corrected chi connectivity index (χ1v) is 5.58. The molecule has 0 fully saturated rings. The third kappa shape index (κ3) is 2.13. The van der Waals surface area contributed by atoms with Crippen LogP contribution >= 0.6 is 0 Å². The highest BCUT2D eigenvalue weighted by Gasteiger charge is 2.14. The number of aromatic amines is 1. The van der Waals surface area contributed by atoms with E-state index in [0.29, 0.717) is 5.56 Å². The van der Waals surface area contributed by atoms with E-state index in [0.717, 1.165) is 16.6 Å². The van der Waals surface area contributed by atoms with E-state index in [1.165, 1.54) is 6.08 Å². The van der Waals surface area contributed by atoms with Gasteiger partial charge in [0.1, 0.15) is 0 Å². The molecule has 0 amide bonds. The van der Waals surface area contributed by atoms with Crippen LogP contribution in [-0.4, -0.2) is 9.97 Å². The van der Waals surface area contributed by atoms with Crippen molar-refractivity contribution in [1.82, 2.24) is 9.97 Å². The van der Waals surface area contributed by atoms with Gasteiger partial charge in [-0.3, -0.25) is 9.78 Å².